The lowest BCUT2D eigenvalue weighted by Crippen LogP contribution is -2.58. The van der Waals surface area contributed by atoms with Gasteiger partial charge in [0, 0.05) is 12.1 Å². The van der Waals surface area contributed by atoms with E-state index >= 15 is 0 Å². The molecule has 2 nitrogen and oxygen atoms in total. The molecule has 1 heterocycles. The van der Waals surface area contributed by atoms with Gasteiger partial charge in [-0.3, -0.25) is 4.90 Å². The van der Waals surface area contributed by atoms with E-state index in [1.807, 2.05) is 0 Å². The number of nitrogens with zero attached hydrogens (tertiary/aromatic N) is 1. The fraction of sp³-hybridized carbons (Fsp3) is 1.00. The highest BCUT2D eigenvalue weighted by atomic mass is 15.2. The summed E-state index contributed by atoms with van der Waals surface area (Å²) in [6.07, 6.45) is 10.7. The van der Waals surface area contributed by atoms with Crippen LogP contribution in [0.5, 0.6) is 0 Å². The Kier molecular flexibility index (Phi) is 3.35. The van der Waals surface area contributed by atoms with Gasteiger partial charge in [0.2, 0.25) is 0 Å². The second-order valence-corrected chi connectivity index (χ2v) is 7.79. The van der Waals surface area contributed by atoms with Gasteiger partial charge in [0.15, 0.2) is 0 Å². The number of piperidine rings is 1. The van der Waals surface area contributed by atoms with Crippen LogP contribution in [0.3, 0.4) is 0 Å². The molecule has 108 valence electrons. The van der Waals surface area contributed by atoms with E-state index in [-0.39, 0.29) is 0 Å². The minimum atomic E-state index is 0.804. The Morgan fingerprint density at radius 2 is 1.47 bits per heavy atom. The molecule has 0 amide bonds. The third-order valence-corrected chi connectivity index (χ3v) is 6.62. The van der Waals surface area contributed by atoms with Gasteiger partial charge >= 0.3 is 0 Å². The second kappa shape index (κ2) is 5.04. The number of nitrogens with one attached hydrogen (secondary N) is 1. The largest absolute Gasteiger partial charge is 0.314 e. The average Bonchev–Trinajstić information content (AvgIpc) is 2.40. The Hall–Kier alpha value is -0.0800. The molecule has 5 fully saturated rings. The molecule has 19 heavy (non-hydrogen) atoms. The molecule has 1 aliphatic heterocycles. The molecule has 4 bridgehead atoms. The number of rotatable bonds is 3. The van der Waals surface area contributed by atoms with E-state index in [0.717, 1.165) is 42.3 Å². The summed E-state index contributed by atoms with van der Waals surface area (Å²) in [5.74, 6) is 4.40. The minimum Gasteiger partial charge on any atom is -0.314 e. The quantitative estimate of drug-likeness (QED) is 0.841. The molecule has 4 saturated carbocycles. The third-order valence-electron chi connectivity index (χ3n) is 6.62. The standard InChI is InChI=1S/C17H30N2/c1-2-18-16-3-5-19(6-4-16)17-14-8-12-7-13(10-14)11-15(17)9-12/h12-18H,2-11H2,1H3. The van der Waals surface area contributed by atoms with Crippen LogP contribution >= 0.6 is 0 Å². The number of hydrogen-bond donors (Lipinski definition) is 1. The Morgan fingerprint density at radius 1 is 0.895 bits per heavy atom. The summed E-state index contributed by atoms with van der Waals surface area (Å²) in [7, 11) is 0. The van der Waals surface area contributed by atoms with Crippen molar-refractivity contribution in [3.05, 3.63) is 0 Å². The topological polar surface area (TPSA) is 15.3 Å². The van der Waals surface area contributed by atoms with Crippen LogP contribution in [0.15, 0.2) is 0 Å². The average molecular weight is 262 g/mol. The molecule has 5 aliphatic rings. The maximum absolute atomic E-state index is 3.65. The third kappa shape index (κ3) is 2.25. The van der Waals surface area contributed by atoms with E-state index in [2.05, 4.69) is 17.1 Å². The molecular weight excluding hydrogens is 232 g/mol. The van der Waals surface area contributed by atoms with Gasteiger partial charge in [-0.25, -0.2) is 0 Å². The predicted octanol–water partition coefficient (Wildman–Crippen LogP) is 2.89. The SMILES string of the molecule is CCNC1CCN(C2C3CC4CC(C3)CC2C4)CC1. The lowest BCUT2D eigenvalue weighted by molar-refractivity contribution is -0.0718. The van der Waals surface area contributed by atoms with E-state index in [9.17, 15) is 0 Å². The minimum absolute atomic E-state index is 0.804. The van der Waals surface area contributed by atoms with Crippen LogP contribution in [0.2, 0.25) is 0 Å². The smallest absolute Gasteiger partial charge is 0.0152 e. The summed E-state index contributed by atoms with van der Waals surface area (Å²) < 4.78 is 0. The van der Waals surface area contributed by atoms with Crippen molar-refractivity contribution in [2.45, 2.75) is 64.0 Å². The molecular formula is C17H30N2. The lowest BCUT2D eigenvalue weighted by atomic mass is 9.53. The van der Waals surface area contributed by atoms with Crippen LogP contribution in [0.4, 0.5) is 0 Å². The Morgan fingerprint density at radius 3 is 2.00 bits per heavy atom. The maximum Gasteiger partial charge on any atom is 0.0152 e. The molecule has 1 N–H and O–H groups in total. The van der Waals surface area contributed by atoms with Gasteiger partial charge in [-0.2, -0.15) is 0 Å². The van der Waals surface area contributed by atoms with Crippen molar-refractivity contribution in [2.75, 3.05) is 19.6 Å². The summed E-state index contributed by atoms with van der Waals surface area (Å²) in [6.45, 7) is 6.11. The van der Waals surface area contributed by atoms with Gasteiger partial charge in [0.05, 0.1) is 0 Å². The van der Waals surface area contributed by atoms with E-state index in [1.54, 1.807) is 32.1 Å². The van der Waals surface area contributed by atoms with Crippen molar-refractivity contribution in [2.24, 2.45) is 23.7 Å². The van der Waals surface area contributed by atoms with Gasteiger partial charge in [-0.1, -0.05) is 6.92 Å². The monoisotopic (exact) mass is 262 g/mol. The molecule has 0 spiro atoms. The molecule has 4 aliphatic carbocycles. The Labute approximate surface area is 118 Å². The summed E-state index contributed by atoms with van der Waals surface area (Å²) in [6, 6.07) is 1.79. The van der Waals surface area contributed by atoms with Crippen molar-refractivity contribution < 1.29 is 0 Å². The Balaban J connectivity index is 1.40. The first-order chi connectivity index (χ1) is 9.33. The molecule has 0 aromatic carbocycles. The van der Waals surface area contributed by atoms with Crippen LogP contribution in [0.25, 0.3) is 0 Å². The second-order valence-electron chi connectivity index (χ2n) is 7.79. The van der Waals surface area contributed by atoms with Crippen molar-refractivity contribution >= 4 is 0 Å². The Bertz CT molecular complexity index is 291. The van der Waals surface area contributed by atoms with Gasteiger partial charge in [-0.05, 0) is 88.3 Å². The highest BCUT2D eigenvalue weighted by Crippen LogP contribution is 2.55. The molecule has 0 radical (unpaired) electrons. The highest BCUT2D eigenvalue weighted by molar-refractivity contribution is 5.02. The van der Waals surface area contributed by atoms with Crippen LogP contribution in [0, 0.1) is 23.7 Å². The zero-order valence-corrected chi connectivity index (χ0v) is 12.5. The molecule has 5 rings (SSSR count). The first-order valence-corrected chi connectivity index (χ1v) is 8.81. The number of likely N-dealkylation sites (tertiary alicyclic amines) is 1. The van der Waals surface area contributed by atoms with Gasteiger partial charge < -0.3 is 5.32 Å². The molecule has 0 aromatic rings. The van der Waals surface area contributed by atoms with Crippen LogP contribution in [-0.4, -0.2) is 36.6 Å². The van der Waals surface area contributed by atoms with Crippen molar-refractivity contribution in [3.63, 3.8) is 0 Å². The fourth-order valence-electron chi connectivity index (χ4n) is 6.18. The maximum atomic E-state index is 3.65. The molecule has 0 unspecified atom stereocenters. The highest BCUT2D eigenvalue weighted by Gasteiger charge is 2.50. The van der Waals surface area contributed by atoms with Gasteiger partial charge in [0.1, 0.15) is 0 Å². The normalized spacial score (nSPS) is 46.9. The van der Waals surface area contributed by atoms with E-state index in [1.165, 1.54) is 25.9 Å². The summed E-state index contributed by atoms with van der Waals surface area (Å²) in [4.78, 5) is 2.90. The summed E-state index contributed by atoms with van der Waals surface area (Å²) in [5.41, 5.74) is 0. The molecule has 0 atom stereocenters. The van der Waals surface area contributed by atoms with E-state index in [0.29, 0.717) is 0 Å². The van der Waals surface area contributed by atoms with Crippen LogP contribution in [0.1, 0.15) is 51.9 Å². The molecule has 1 saturated heterocycles. The predicted molar refractivity (Wildman–Crippen MR) is 79.1 cm³/mol. The lowest BCUT2D eigenvalue weighted by Gasteiger charge is -2.58. The van der Waals surface area contributed by atoms with Crippen molar-refractivity contribution in [3.8, 4) is 0 Å². The van der Waals surface area contributed by atoms with Crippen LogP contribution in [-0.2, 0) is 0 Å². The van der Waals surface area contributed by atoms with Crippen molar-refractivity contribution in [1.29, 1.82) is 0 Å². The van der Waals surface area contributed by atoms with Crippen LogP contribution < -0.4 is 5.32 Å². The molecule has 2 heteroatoms. The first kappa shape index (κ1) is 12.6. The summed E-state index contributed by atoms with van der Waals surface area (Å²) in [5, 5.41) is 3.65. The zero-order chi connectivity index (χ0) is 12.8. The number of hydrogen-bond acceptors (Lipinski definition) is 2. The van der Waals surface area contributed by atoms with Gasteiger partial charge in [-0.15, -0.1) is 0 Å². The zero-order valence-electron chi connectivity index (χ0n) is 12.5. The van der Waals surface area contributed by atoms with E-state index < -0.39 is 0 Å². The summed E-state index contributed by atoms with van der Waals surface area (Å²) >= 11 is 0. The van der Waals surface area contributed by atoms with Crippen molar-refractivity contribution in [1.82, 2.24) is 10.2 Å². The first-order valence-electron chi connectivity index (χ1n) is 8.81. The fourth-order valence-corrected chi connectivity index (χ4v) is 6.18. The molecule has 0 aromatic heterocycles. The van der Waals surface area contributed by atoms with E-state index in [4.69, 9.17) is 0 Å². The van der Waals surface area contributed by atoms with Gasteiger partial charge in [0.25, 0.3) is 0 Å².